The molecule has 96 valence electrons. The molecule has 0 amide bonds. The predicted molar refractivity (Wildman–Crippen MR) is 61.9 cm³/mol. The Morgan fingerprint density at radius 1 is 1.50 bits per heavy atom. The van der Waals surface area contributed by atoms with E-state index in [2.05, 4.69) is 10.2 Å². The third kappa shape index (κ3) is 4.51. The van der Waals surface area contributed by atoms with Gasteiger partial charge in [0.25, 0.3) is 0 Å². The Balaban J connectivity index is 2.45. The van der Waals surface area contributed by atoms with Gasteiger partial charge >= 0.3 is 6.18 Å². The van der Waals surface area contributed by atoms with E-state index in [0.717, 1.165) is 18.1 Å². The van der Waals surface area contributed by atoms with Crippen molar-refractivity contribution in [3.8, 4) is 0 Å². The highest BCUT2D eigenvalue weighted by Gasteiger charge is 2.32. The van der Waals surface area contributed by atoms with Crippen molar-refractivity contribution in [3.63, 3.8) is 0 Å². The molecule has 0 saturated carbocycles. The summed E-state index contributed by atoms with van der Waals surface area (Å²) in [6.07, 6.45) is -4.58. The lowest BCUT2D eigenvalue weighted by Crippen LogP contribution is -2.52. The van der Waals surface area contributed by atoms with Gasteiger partial charge in [-0.1, -0.05) is 0 Å². The average Bonchev–Trinajstić information content (AvgIpc) is 2.20. The Morgan fingerprint density at radius 2 is 2.19 bits per heavy atom. The van der Waals surface area contributed by atoms with Gasteiger partial charge in [-0.25, -0.2) is 0 Å². The van der Waals surface area contributed by atoms with Gasteiger partial charge in [-0.15, -0.1) is 0 Å². The lowest BCUT2D eigenvalue weighted by molar-refractivity contribution is -0.137. The van der Waals surface area contributed by atoms with Crippen LogP contribution in [0.25, 0.3) is 0 Å². The van der Waals surface area contributed by atoms with Gasteiger partial charge in [0.1, 0.15) is 0 Å². The minimum absolute atomic E-state index is 0.0700. The third-order valence-corrected chi connectivity index (χ3v) is 4.07. The smallest absolute Gasteiger partial charge is 0.315 e. The lowest BCUT2D eigenvalue weighted by Gasteiger charge is -2.37. The minimum Gasteiger partial charge on any atom is -0.315 e. The Bertz CT molecular complexity index is 211. The summed E-state index contributed by atoms with van der Waals surface area (Å²) < 4.78 is 36.5. The highest BCUT2D eigenvalue weighted by molar-refractivity contribution is 7.99. The molecule has 1 saturated heterocycles. The Hall–Kier alpha value is 0.0600. The Kier molecular flexibility index (Phi) is 5.40. The second-order valence-corrected chi connectivity index (χ2v) is 5.32. The van der Waals surface area contributed by atoms with Crippen LogP contribution in [0.5, 0.6) is 0 Å². The van der Waals surface area contributed by atoms with Gasteiger partial charge in [0.2, 0.25) is 0 Å². The number of halogens is 3. The van der Waals surface area contributed by atoms with Gasteiger partial charge in [0.15, 0.2) is 0 Å². The van der Waals surface area contributed by atoms with Crippen LogP contribution in [0.15, 0.2) is 0 Å². The van der Waals surface area contributed by atoms with E-state index in [1.807, 2.05) is 18.8 Å². The molecule has 2 unspecified atom stereocenters. The molecule has 6 heteroatoms. The van der Waals surface area contributed by atoms with Gasteiger partial charge in [-0.3, -0.25) is 0 Å². The second kappa shape index (κ2) is 6.12. The highest BCUT2D eigenvalue weighted by atomic mass is 32.2. The van der Waals surface area contributed by atoms with Crippen LogP contribution in [0.4, 0.5) is 13.2 Å². The molecular formula is C10H19F3N2S. The first-order chi connectivity index (χ1) is 7.44. The quantitative estimate of drug-likeness (QED) is 0.828. The zero-order valence-corrected chi connectivity index (χ0v) is 10.5. The zero-order valence-electron chi connectivity index (χ0n) is 9.68. The summed E-state index contributed by atoms with van der Waals surface area (Å²) in [5, 5.41) is 3.02. The first-order valence-corrected chi connectivity index (χ1v) is 6.61. The molecule has 1 heterocycles. The van der Waals surface area contributed by atoms with Crippen molar-refractivity contribution >= 4 is 11.8 Å². The van der Waals surface area contributed by atoms with Crippen molar-refractivity contribution in [2.75, 3.05) is 32.1 Å². The molecule has 1 aliphatic heterocycles. The monoisotopic (exact) mass is 256 g/mol. The predicted octanol–water partition coefficient (Wildman–Crippen LogP) is 1.96. The highest BCUT2D eigenvalue weighted by Crippen LogP contribution is 2.25. The van der Waals surface area contributed by atoms with Crippen molar-refractivity contribution in [3.05, 3.63) is 0 Å². The number of rotatable bonds is 4. The number of alkyl halides is 3. The van der Waals surface area contributed by atoms with Crippen molar-refractivity contribution in [2.45, 2.75) is 31.1 Å². The summed E-state index contributed by atoms with van der Waals surface area (Å²) in [5.41, 5.74) is 0. The summed E-state index contributed by atoms with van der Waals surface area (Å²) in [7, 11) is 3.73. The molecule has 1 aliphatic rings. The van der Waals surface area contributed by atoms with Crippen LogP contribution in [0.3, 0.4) is 0 Å². The van der Waals surface area contributed by atoms with Gasteiger partial charge in [0, 0.05) is 36.6 Å². The normalized spacial score (nSPS) is 25.7. The number of nitrogens with one attached hydrogen (secondary N) is 1. The van der Waals surface area contributed by atoms with Crippen LogP contribution >= 0.6 is 11.8 Å². The van der Waals surface area contributed by atoms with Crippen molar-refractivity contribution in [2.24, 2.45) is 0 Å². The molecule has 0 aromatic carbocycles. The first-order valence-electron chi connectivity index (χ1n) is 5.46. The molecule has 16 heavy (non-hydrogen) atoms. The number of hydrogen-bond donors (Lipinski definition) is 1. The SMILES string of the molecule is CNC(CCC(F)(F)F)C1CSCCN1C. The molecule has 2 atom stereocenters. The molecule has 0 bridgehead atoms. The molecule has 0 spiro atoms. The van der Waals surface area contributed by atoms with Crippen LogP contribution < -0.4 is 5.32 Å². The molecule has 0 aromatic heterocycles. The molecule has 0 aliphatic carbocycles. The van der Waals surface area contributed by atoms with E-state index in [4.69, 9.17) is 0 Å². The molecule has 1 fully saturated rings. The maximum Gasteiger partial charge on any atom is 0.389 e. The summed E-state index contributed by atoms with van der Waals surface area (Å²) in [6.45, 7) is 0.958. The van der Waals surface area contributed by atoms with Gasteiger partial charge in [-0.05, 0) is 20.5 Å². The van der Waals surface area contributed by atoms with Crippen LogP contribution in [0, 0.1) is 0 Å². The molecule has 1 rings (SSSR count). The van der Waals surface area contributed by atoms with Gasteiger partial charge in [-0.2, -0.15) is 24.9 Å². The number of hydrogen-bond acceptors (Lipinski definition) is 3. The molecule has 0 aromatic rings. The maximum atomic E-state index is 12.2. The van der Waals surface area contributed by atoms with Gasteiger partial charge in [0.05, 0.1) is 0 Å². The van der Waals surface area contributed by atoms with E-state index in [1.54, 1.807) is 7.05 Å². The maximum absolute atomic E-state index is 12.2. The number of thioether (sulfide) groups is 1. The Morgan fingerprint density at radius 3 is 2.69 bits per heavy atom. The average molecular weight is 256 g/mol. The van der Waals surface area contributed by atoms with Crippen LogP contribution in [0.2, 0.25) is 0 Å². The van der Waals surface area contributed by atoms with Gasteiger partial charge < -0.3 is 10.2 Å². The summed E-state index contributed by atoms with van der Waals surface area (Å²) in [5.74, 6) is 1.99. The van der Waals surface area contributed by atoms with E-state index in [-0.39, 0.29) is 18.5 Å². The minimum atomic E-state index is -4.05. The summed E-state index contributed by atoms with van der Waals surface area (Å²) >= 11 is 1.82. The zero-order chi connectivity index (χ0) is 12.2. The second-order valence-electron chi connectivity index (χ2n) is 4.17. The van der Waals surface area contributed by atoms with E-state index < -0.39 is 12.6 Å². The van der Waals surface area contributed by atoms with Crippen molar-refractivity contribution in [1.29, 1.82) is 0 Å². The van der Waals surface area contributed by atoms with Crippen molar-refractivity contribution < 1.29 is 13.2 Å². The van der Waals surface area contributed by atoms with E-state index >= 15 is 0 Å². The molecule has 1 N–H and O–H groups in total. The third-order valence-electron chi connectivity index (χ3n) is 3.02. The first kappa shape index (κ1) is 14.1. The van der Waals surface area contributed by atoms with Crippen LogP contribution in [-0.4, -0.2) is 55.3 Å². The van der Waals surface area contributed by atoms with E-state index in [1.165, 1.54) is 0 Å². The Labute approximate surface area is 98.9 Å². The van der Waals surface area contributed by atoms with Crippen molar-refractivity contribution in [1.82, 2.24) is 10.2 Å². The van der Waals surface area contributed by atoms with E-state index in [9.17, 15) is 13.2 Å². The molecule has 2 nitrogen and oxygen atoms in total. The summed E-state index contributed by atoms with van der Waals surface area (Å²) in [4.78, 5) is 2.16. The largest absolute Gasteiger partial charge is 0.389 e. The molecule has 0 radical (unpaired) electrons. The van der Waals surface area contributed by atoms with E-state index in [0.29, 0.717) is 0 Å². The van der Waals surface area contributed by atoms with Crippen LogP contribution in [-0.2, 0) is 0 Å². The standard InChI is InChI=1S/C10H19F3N2S/c1-14-8(3-4-10(11,12)13)9-7-16-6-5-15(9)2/h8-9,14H,3-7H2,1-2H3. The lowest BCUT2D eigenvalue weighted by atomic mass is 10.0. The fourth-order valence-corrected chi connectivity index (χ4v) is 3.29. The van der Waals surface area contributed by atoms with Crippen LogP contribution in [0.1, 0.15) is 12.8 Å². The fourth-order valence-electron chi connectivity index (χ4n) is 1.98. The number of nitrogens with zero attached hydrogens (tertiary/aromatic N) is 1. The molecular weight excluding hydrogens is 237 g/mol. The fraction of sp³-hybridized carbons (Fsp3) is 1.00. The topological polar surface area (TPSA) is 15.3 Å². The summed E-state index contributed by atoms with van der Waals surface area (Å²) in [6, 6.07) is 0.144. The number of likely N-dealkylation sites (N-methyl/N-ethyl adjacent to an activating group) is 2.